The van der Waals surface area contributed by atoms with E-state index in [1.54, 1.807) is 18.2 Å². The van der Waals surface area contributed by atoms with Crippen LogP contribution in [-0.2, 0) is 6.61 Å². The molecule has 2 rings (SSSR count). The molecule has 0 heterocycles. The lowest BCUT2D eigenvalue weighted by molar-refractivity contribution is 0.304. The molecule has 2 nitrogen and oxygen atoms in total. The van der Waals surface area contributed by atoms with Gasteiger partial charge in [-0.1, -0.05) is 35.9 Å². The molecular formula is C16H14ClNO. The van der Waals surface area contributed by atoms with E-state index < -0.39 is 0 Å². The molecule has 3 heteroatoms. The number of benzene rings is 2. The normalized spacial score (nSPS) is 10.0. The second kappa shape index (κ2) is 5.77. The van der Waals surface area contributed by atoms with Gasteiger partial charge >= 0.3 is 0 Å². The van der Waals surface area contributed by atoms with Gasteiger partial charge in [0, 0.05) is 0 Å². The molecule has 2 aromatic rings. The highest BCUT2D eigenvalue weighted by molar-refractivity contribution is 6.31. The average Bonchev–Trinajstić information content (AvgIpc) is 2.38. The summed E-state index contributed by atoms with van der Waals surface area (Å²) in [6.45, 7) is 4.54. The van der Waals surface area contributed by atoms with Gasteiger partial charge in [0.1, 0.15) is 24.0 Å². The molecule has 19 heavy (non-hydrogen) atoms. The third kappa shape index (κ3) is 2.89. The standard InChI is InChI=1S/C16H14ClNO/c1-11-5-3-6-12(2)14(11)10-19-16-8-4-7-15(17)13(16)9-18/h3-8H,10H2,1-2H3. The highest BCUT2D eigenvalue weighted by Gasteiger charge is 2.09. The monoisotopic (exact) mass is 271 g/mol. The minimum atomic E-state index is 0.385. The third-order valence-corrected chi connectivity index (χ3v) is 3.42. The fourth-order valence-electron chi connectivity index (χ4n) is 1.96. The molecule has 0 spiro atoms. The predicted octanol–water partition coefficient (Wildman–Crippen LogP) is 4.41. The third-order valence-electron chi connectivity index (χ3n) is 3.10. The summed E-state index contributed by atoms with van der Waals surface area (Å²) in [6, 6.07) is 13.4. The highest BCUT2D eigenvalue weighted by Crippen LogP contribution is 2.26. The van der Waals surface area contributed by atoms with Gasteiger partial charge < -0.3 is 4.74 Å². The fraction of sp³-hybridized carbons (Fsp3) is 0.188. The highest BCUT2D eigenvalue weighted by atomic mass is 35.5. The van der Waals surface area contributed by atoms with Crippen molar-refractivity contribution >= 4 is 11.6 Å². The topological polar surface area (TPSA) is 33.0 Å². The zero-order chi connectivity index (χ0) is 13.8. The van der Waals surface area contributed by atoms with Crippen LogP contribution in [0.5, 0.6) is 5.75 Å². The lowest BCUT2D eigenvalue weighted by atomic mass is 10.0. The van der Waals surface area contributed by atoms with Gasteiger partial charge in [0.05, 0.1) is 5.02 Å². The minimum Gasteiger partial charge on any atom is -0.487 e. The number of halogens is 1. The van der Waals surface area contributed by atoms with Gasteiger partial charge in [-0.25, -0.2) is 0 Å². The van der Waals surface area contributed by atoms with Gasteiger partial charge in [-0.2, -0.15) is 5.26 Å². The van der Waals surface area contributed by atoms with Crippen molar-refractivity contribution in [3.63, 3.8) is 0 Å². The van der Waals surface area contributed by atoms with E-state index in [2.05, 4.69) is 32.0 Å². The fourth-order valence-corrected chi connectivity index (χ4v) is 2.17. The van der Waals surface area contributed by atoms with Crippen molar-refractivity contribution in [2.24, 2.45) is 0 Å². The van der Waals surface area contributed by atoms with Crippen LogP contribution in [0.25, 0.3) is 0 Å². The van der Waals surface area contributed by atoms with E-state index in [9.17, 15) is 0 Å². The van der Waals surface area contributed by atoms with Gasteiger partial charge in [-0.05, 0) is 42.7 Å². The first kappa shape index (κ1) is 13.5. The zero-order valence-corrected chi connectivity index (χ0v) is 11.7. The molecule has 0 fully saturated rings. The summed E-state index contributed by atoms with van der Waals surface area (Å²) < 4.78 is 5.75. The number of ether oxygens (including phenoxy) is 1. The molecule has 0 saturated heterocycles. The Morgan fingerprint density at radius 3 is 2.37 bits per heavy atom. The van der Waals surface area contributed by atoms with Crippen LogP contribution in [0.4, 0.5) is 0 Å². The van der Waals surface area contributed by atoms with E-state index >= 15 is 0 Å². The van der Waals surface area contributed by atoms with Crippen molar-refractivity contribution < 1.29 is 4.74 Å². The van der Waals surface area contributed by atoms with E-state index in [0.717, 1.165) is 5.56 Å². The van der Waals surface area contributed by atoms with Crippen molar-refractivity contribution in [3.05, 3.63) is 63.7 Å². The Bertz CT molecular complexity index is 623. The molecular weight excluding hydrogens is 258 g/mol. The van der Waals surface area contributed by atoms with E-state index in [1.165, 1.54) is 11.1 Å². The molecule has 2 aromatic carbocycles. The van der Waals surface area contributed by atoms with Crippen LogP contribution >= 0.6 is 11.6 Å². The second-order valence-electron chi connectivity index (χ2n) is 4.38. The van der Waals surface area contributed by atoms with Crippen LogP contribution in [0.3, 0.4) is 0 Å². The van der Waals surface area contributed by atoms with Crippen LogP contribution in [0.1, 0.15) is 22.3 Å². The molecule has 0 aromatic heterocycles. The molecule has 0 bridgehead atoms. The van der Waals surface area contributed by atoms with Gasteiger partial charge in [-0.15, -0.1) is 0 Å². The minimum absolute atomic E-state index is 0.385. The van der Waals surface area contributed by atoms with Crippen molar-refractivity contribution in [1.82, 2.24) is 0 Å². The van der Waals surface area contributed by atoms with Gasteiger partial charge in [0.2, 0.25) is 0 Å². The van der Waals surface area contributed by atoms with Gasteiger partial charge in [-0.3, -0.25) is 0 Å². The maximum absolute atomic E-state index is 9.09. The average molecular weight is 272 g/mol. The Balaban J connectivity index is 2.25. The predicted molar refractivity (Wildman–Crippen MR) is 76.4 cm³/mol. The van der Waals surface area contributed by atoms with Crippen molar-refractivity contribution in [3.8, 4) is 11.8 Å². The summed E-state index contributed by atoms with van der Waals surface area (Å²) >= 11 is 5.97. The quantitative estimate of drug-likeness (QED) is 0.828. The molecule has 0 amide bonds. The number of aryl methyl sites for hydroxylation is 2. The lowest BCUT2D eigenvalue weighted by Crippen LogP contribution is -2.01. The van der Waals surface area contributed by atoms with E-state index in [4.69, 9.17) is 21.6 Å². The summed E-state index contributed by atoms with van der Waals surface area (Å²) in [5, 5.41) is 9.51. The van der Waals surface area contributed by atoms with Crippen LogP contribution in [0.15, 0.2) is 36.4 Å². The Kier molecular flexibility index (Phi) is 4.09. The number of hydrogen-bond acceptors (Lipinski definition) is 2. The maximum atomic E-state index is 9.09. The van der Waals surface area contributed by atoms with Crippen molar-refractivity contribution in [2.75, 3.05) is 0 Å². The number of hydrogen-bond donors (Lipinski definition) is 0. The summed E-state index contributed by atoms with van der Waals surface area (Å²) in [7, 11) is 0. The smallest absolute Gasteiger partial charge is 0.139 e. The number of rotatable bonds is 3. The van der Waals surface area contributed by atoms with Crippen LogP contribution in [0.2, 0.25) is 5.02 Å². The first-order valence-corrected chi connectivity index (χ1v) is 6.37. The van der Waals surface area contributed by atoms with Crippen LogP contribution in [-0.4, -0.2) is 0 Å². The first-order chi connectivity index (χ1) is 9.13. The van der Waals surface area contributed by atoms with Crippen LogP contribution in [0, 0.1) is 25.2 Å². The maximum Gasteiger partial charge on any atom is 0.139 e. The van der Waals surface area contributed by atoms with Crippen molar-refractivity contribution in [2.45, 2.75) is 20.5 Å². The Morgan fingerprint density at radius 1 is 1.11 bits per heavy atom. The Morgan fingerprint density at radius 2 is 1.74 bits per heavy atom. The molecule has 96 valence electrons. The summed E-state index contributed by atoms with van der Waals surface area (Å²) in [5.41, 5.74) is 3.89. The van der Waals surface area contributed by atoms with Gasteiger partial charge in [0.25, 0.3) is 0 Å². The summed E-state index contributed by atoms with van der Waals surface area (Å²) in [5.74, 6) is 0.526. The molecule has 0 aliphatic carbocycles. The Hall–Kier alpha value is -1.98. The van der Waals surface area contributed by atoms with Gasteiger partial charge in [0.15, 0.2) is 0 Å². The molecule has 0 N–H and O–H groups in total. The molecule has 0 radical (unpaired) electrons. The lowest BCUT2D eigenvalue weighted by Gasteiger charge is -2.12. The van der Waals surface area contributed by atoms with E-state index in [0.29, 0.717) is 22.9 Å². The molecule has 0 aliphatic rings. The largest absolute Gasteiger partial charge is 0.487 e. The zero-order valence-electron chi connectivity index (χ0n) is 10.9. The second-order valence-corrected chi connectivity index (χ2v) is 4.79. The number of nitrogens with zero attached hydrogens (tertiary/aromatic N) is 1. The SMILES string of the molecule is Cc1cccc(C)c1COc1cccc(Cl)c1C#N. The molecule has 0 saturated carbocycles. The van der Waals surface area contributed by atoms with Crippen LogP contribution < -0.4 is 4.74 Å². The Labute approximate surface area is 118 Å². The van der Waals surface area contributed by atoms with E-state index in [1.807, 2.05) is 6.07 Å². The molecule has 0 atom stereocenters. The summed E-state index contributed by atoms with van der Waals surface area (Å²) in [6.07, 6.45) is 0. The molecule has 0 aliphatic heterocycles. The summed E-state index contributed by atoms with van der Waals surface area (Å²) in [4.78, 5) is 0. The van der Waals surface area contributed by atoms with Crippen molar-refractivity contribution in [1.29, 1.82) is 5.26 Å². The first-order valence-electron chi connectivity index (χ1n) is 6.00. The number of nitriles is 1. The molecule has 0 unspecified atom stereocenters. The van der Waals surface area contributed by atoms with E-state index in [-0.39, 0.29) is 0 Å².